The molecule has 1 rings (SSSR count). The Morgan fingerprint density at radius 3 is 2.71 bits per heavy atom. The molecule has 0 aliphatic rings. The van der Waals surface area contributed by atoms with Gasteiger partial charge in [0.25, 0.3) is 0 Å². The number of nitrogens with one attached hydrogen (secondary N) is 2. The Morgan fingerprint density at radius 2 is 2.14 bits per heavy atom. The molecule has 1 atom stereocenters. The zero-order valence-electron chi connectivity index (χ0n) is 12.9. The maximum absolute atomic E-state index is 12.3. The number of likely N-dealkylation sites (N-methyl/N-ethyl adjacent to an activating group) is 1. The first-order valence-electron chi connectivity index (χ1n) is 6.94. The van der Waals surface area contributed by atoms with Gasteiger partial charge in [0.05, 0.1) is 6.54 Å². The van der Waals surface area contributed by atoms with Crippen molar-refractivity contribution in [3.05, 3.63) is 16.5 Å². The summed E-state index contributed by atoms with van der Waals surface area (Å²) in [5.41, 5.74) is 0. The van der Waals surface area contributed by atoms with Crippen LogP contribution in [0.5, 0.6) is 0 Å². The lowest BCUT2D eigenvalue weighted by Crippen LogP contribution is -2.37. The lowest BCUT2D eigenvalue weighted by Gasteiger charge is -2.23. The highest BCUT2D eigenvalue weighted by atomic mass is 79.9. The van der Waals surface area contributed by atoms with Gasteiger partial charge in [-0.2, -0.15) is 0 Å². The van der Waals surface area contributed by atoms with Gasteiger partial charge in [0.1, 0.15) is 10.7 Å². The first kappa shape index (κ1) is 18.6. The molecule has 1 heterocycles. The highest BCUT2D eigenvalue weighted by Crippen LogP contribution is 2.25. The van der Waals surface area contributed by atoms with Crippen LogP contribution >= 0.6 is 15.9 Å². The van der Waals surface area contributed by atoms with Crippen LogP contribution in [0.2, 0.25) is 0 Å². The zero-order chi connectivity index (χ0) is 16.0. The van der Waals surface area contributed by atoms with Crippen molar-refractivity contribution in [3.63, 3.8) is 0 Å². The summed E-state index contributed by atoms with van der Waals surface area (Å²) < 4.78 is 32.7. The van der Waals surface area contributed by atoms with Crippen LogP contribution in [0.3, 0.4) is 0 Å². The molecule has 1 unspecified atom stereocenters. The maximum atomic E-state index is 12.3. The predicted octanol–water partition coefficient (Wildman–Crippen LogP) is 1.77. The summed E-state index contributed by atoms with van der Waals surface area (Å²) in [6.07, 6.45) is 1.03. The Balaban J connectivity index is 2.65. The van der Waals surface area contributed by atoms with Crippen molar-refractivity contribution in [1.82, 2.24) is 14.9 Å². The summed E-state index contributed by atoms with van der Waals surface area (Å²) in [7, 11) is 0.197. The number of furan rings is 1. The molecule has 0 fully saturated rings. The molecular formula is C13H24BrN3O3S. The van der Waals surface area contributed by atoms with Crippen LogP contribution in [-0.2, 0) is 16.6 Å². The third-order valence-corrected chi connectivity index (χ3v) is 5.76. The standard InChI is InChI=1S/C13H24BrN3O3S/c1-5-10(2)17(4)7-6-16-21(18,19)12-8-11(9-15-3)20-13(12)14/h8,10,15-16H,5-7,9H2,1-4H3. The molecular weight excluding hydrogens is 358 g/mol. The van der Waals surface area contributed by atoms with Crippen molar-refractivity contribution >= 4 is 26.0 Å². The van der Waals surface area contributed by atoms with E-state index in [1.807, 2.05) is 7.05 Å². The van der Waals surface area contributed by atoms with Gasteiger partial charge in [-0.1, -0.05) is 6.92 Å². The second-order valence-electron chi connectivity index (χ2n) is 5.02. The molecule has 0 aliphatic carbocycles. The maximum Gasteiger partial charge on any atom is 0.245 e. The second-order valence-corrected chi connectivity index (χ2v) is 7.47. The van der Waals surface area contributed by atoms with Crippen LogP contribution < -0.4 is 10.0 Å². The lowest BCUT2D eigenvalue weighted by atomic mass is 10.2. The Hall–Kier alpha value is -0.410. The molecule has 0 saturated heterocycles. The van der Waals surface area contributed by atoms with Gasteiger partial charge in [0, 0.05) is 25.2 Å². The Morgan fingerprint density at radius 1 is 1.48 bits per heavy atom. The van der Waals surface area contributed by atoms with Gasteiger partial charge in [0.15, 0.2) is 4.67 Å². The summed E-state index contributed by atoms with van der Waals surface area (Å²) in [5, 5.41) is 2.92. The zero-order valence-corrected chi connectivity index (χ0v) is 15.3. The van der Waals surface area contributed by atoms with Crippen LogP contribution in [0.1, 0.15) is 26.0 Å². The molecule has 0 radical (unpaired) electrons. The third-order valence-electron chi connectivity index (χ3n) is 3.45. The third kappa shape index (κ3) is 5.37. The molecule has 0 bridgehead atoms. The summed E-state index contributed by atoms with van der Waals surface area (Å²) in [5.74, 6) is 0.571. The van der Waals surface area contributed by atoms with E-state index >= 15 is 0 Å². The highest BCUT2D eigenvalue weighted by Gasteiger charge is 2.22. The summed E-state index contributed by atoms with van der Waals surface area (Å²) in [4.78, 5) is 2.26. The van der Waals surface area contributed by atoms with E-state index in [4.69, 9.17) is 4.42 Å². The Bertz CT molecular complexity index is 545. The van der Waals surface area contributed by atoms with Crippen LogP contribution in [0, 0.1) is 0 Å². The van der Waals surface area contributed by atoms with Crippen molar-refractivity contribution in [1.29, 1.82) is 0 Å². The summed E-state index contributed by atoms with van der Waals surface area (Å²) >= 11 is 3.15. The van der Waals surface area contributed by atoms with Gasteiger partial charge < -0.3 is 14.6 Å². The quantitative estimate of drug-likeness (QED) is 0.681. The molecule has 0 spiro atoms. The number of hydrogen-bond acceptors (Lipinski definition) is 5. The van der Waals surface area contributed by atoms with E-state index in [0.29, 0.717) is 31.4 Å². The average Bonchev–Trinajstić information content (AvgIpc) is 2.79. The van der Waals surface area contributed by atoms with Crippen molar-refractivity contribution in [2.45, 2.75) is 37.8 Å². The number of nitrogens with zero attached hydrogens (tertiary/aromatic N) is 1. The predicted molar refractivity (Wildman–Crippen MR) is 86.7 cm³/mol. The Kier molecular flexibility index (Phi) is 7.35. The molecule has 122 valence electrons. The van der Waals surface area contributed by atoms with Crippen molar-refractivity contribution < 1.29 is 12.8 Å². The molecule has 8 heteroatoms. The summed E-state index contributed by atoms with van der Waals surface area (Å²) in [6, 6.07) is 1.96. The minimum Gasteiger partial charge on any atom is -0.452 e. The molecule has 0 saturated carbocycles. The monoisotopic (exact) mass is 381 g/mol. The van der Waals surface area contributed by atoms with E-state index in [0.717, 1.165) is 6.42 Å². The van der Waals surface area contributed by atoms with Crippen LogP contribution in [0.4, 0.5) is 0 Å². The molecule has 6 nitrogen and oxygen atoms in total. The number of hydrogen-bond donors (Lipinski definition) is 2. The van der Waals surface area contributed by atoms with Crippen molar-refractivity contribution in [2.75, 3.05) is 27.2 Å². The van der Waals surface area contributed by atoms with Crippen molar-refractivity contribution in [3.8, 4) is 0 Å². The van der Waals surface area contributed by atoms with Gasteiger partial charge >= 0.3 is 0 Å². The van der Waals surface area contributed by atoms with Gasteiger partial charge in [-0.15, -0.1) is 0 Å². The fraction of sp³-hybridized carbons (Fsp3) is 0.692. The fourth-order valence-corrected chi connectivity index (χ4v) is 3.83. The fourth-order valence-electron chi connectivity index (χ4n) is 1.81. The molecule has 0 aliphatic heterocycles. The molecule has 2 N–H and O–H groups in total. The smallest absolute Gasteiger partial charge is 0.245 e. The van der Waals surface area contributed by atoms with Crippen LogP contribution in [0.15, 0.2) is 20.0 Å². The molecule has 21 heavy (non-hydrogen) atoms. The lowest BCUT2D eigenvalue weighted by molar-refractivity contribution is 0.256. The molecule has 1 aromatic rings. The molecule has 0 aromatic carbocycles. The van der Waals surface area contributed by atoms with E-state index < -0.39 is 10.0 Å². The first-order valence-corrected chi connectivity index (χ1v) is 9.22. The summed E-state index contributed by atoms with van der Waals surface area (Å²) in [6.45, 7) is 5.72. The van der Waals surface area contributed by atoms with Gasteiger partial charge in [0.2, 0.25) is 10.0 Å². The van der Waals surface area contributed by atoms with Gasteiger partial charge in [-0.25, -0.2) is 13.1 Å². The second kappa shape index (κ2) is 8.28. The number of halogens is 1. The van der Waals surface area contributed by atoms with E-state index in [2.05, 4.69) is 44.7 Å². The van der Waals surface area contributed by atoms with E-state index in [9.17, 15) is 8.42 Å². The molecule has 1 aromatic heterocycles. The number of sulfonamides is 1. The average molecular weight is 382 g/mol. The van der Waals surface area contributed by atoms with Crippen LogP contribution in [-0.4, -0.2) is 46.5 Å². The van der Waals surface area contributed by atoms with E-state index in [1.165, 1.54) is 6.07 Å². The normalized spacial score (nSPS) is 13.8. The SMILES string of the molecule is CCC(C)N(C)CCNS(=O)(=O)c1cc(CNC)oc1Br. The topological polar surface area (TPSA) is 74.6 Å². The Labute approximate surface area is 135 Å². The minimum absolute atomic E-state index is 0.138. The van der Waals surface area contributed by atoms with Gasteiger partial charge in [-0.3, -0.25) is 0 Å². The highest BCUT2D eigenvalue weighted by molar-refractivity contribution is 9.10. The largest absolute Gasteiger partial charge is 0.452 e. The number of rotatable bonds is 9. The van der Waals surface area contributed by atoms with E-state index in [1.54, 1.807) is 7.05 Å². The van der Waals surface area contributed by atoms with E-state index in [-0.39, 0.29) is 9.56 Å². The molecule has 0 amide bonds. The van der Waals surface area contributed by atoms with Crippen molar-refractivity contribution in [2.24, 2.45) is 0 Å². The van der Waals surface area contributed by atoms with Gasteiger partial charge in [-0.05, 0) is 43.4 Å². The minimum atomic E-state index is -3.56. The van der Waals surface area contributed by atoms with Crippen LogP contribution in [0.25, 0.3) is 0 Å². The first-order chi connectivity index (χ1) is 9.81.